The maximum atomic E-state index is 4.42. The molecule has 2 aliphatic heterocycles. The van der Waals surface area contributed by atoms with Gasteiger partial charge < -0.3 is 0 Å². The van der Waals surface area contributed by atoms with Gasteiger partial charge in [0.15, 0.2) is 0 Å². The molecule has 0 aliphatic carbocycles. The van der Waals surface area contributed by atoms with E-state index in [0.29, 0.717) is 10.8 Å². The molecule has 2 aliphatic rings. The lowest BCUT2D eigenvalue weighted by Gasteiger charge is -2.25. The van der Waals surface area contributed by atoms with Gasteiger partial charge in [0, 0.05) is 18.8 Å². The standard InChI is InChI=1S/2C8H15N.2C2H6/c1-8(2,3)7-4-5-9-6-7;1-8(2,3)7-5-4-6-9-7;2*1-2/h5,7H,4,6H2,1-3H3;4-6H2,1-3H3;2*1-2H3. The Kier molecular flexibility index (Phi) is 12.7. The first-order valence-electron chi connectivity index (χ1n) is 9.23. The fraction of sp³-hybridized carbons (Fsp3) is 0.900. The van der Waals surface area contributed by atoms with Crippen molar-refractivity contribution < 1.29 is 0 Å². The van der Waals surface area contributed by atoms with Gasteiger partial charge in [0.2, 0.25) is 0 Å². The van der Waals surface area contributed by atoms with Crippen molar-refractivity contribution in [2.45, 2.75) is 88.5 Å². The van der Waals surface area contributed by atoms with Crippen LogP contribution in [-0.4, -0.2) is 25.0 Å². The van der Waals surface area contributed by atoms with Gasteiger partial charge in [0.25, 0.3) is 0 Å². The Morgan fingerprint density at radius 3 is 1.68 bits per heavy atom. The van der Waals surface area contributed by atoms with E-state index in [2.05, 4.69) is 57.7 Å². The quantitative estimate of drug-likeness (QED) is 0.491. The van der Waals surface area contributed by atoms with E-state index in [1.54, 1.807) is 0 Å². The third-order valence-electron chi connectivity index (χ3n) is 3.81. The minimum Gasteiger partial charge on any atom is -0.297 e. The van der Waals surface area contributed by atoms with Crippen molar-refractivity contribution in [1.29, 1.82) is 0 Å². The zero-order valence-electron chi connectivity index (χ0n) is 17.1. The zero-order chi connectivity index (χ0) is 17.8. The maximum Gasteiger partial charge on any atom is 0.0422 e. The number of nitrogens with zero attached hydrogens (tertiary/aromatic N) is 2. The van der Waals surface area contributed by atoms with Crippen LogP contribution in [0.4, 0.5) is 0 Å². The summed E-state index contributed by atoms with van der Waals surface area (Å²) in [5.41, 5.74) is 2.19. The summed E-state index contributed by atoms with van der Waals surface area (Å²) in [4.78, 5) is 8.63. The lowest BCUT2D eigenvalue weighted by atomic mass is 9.80. The molecule has 0 saturated heterocycles. The molecule has 22 heavy (non-hydrogen) atoms. The van der Waals surface area contributed by atoms with Gasteiger partial charge in [-0.2, -0.15) is 0 Å². The number of hydrogen-bond acceptors (Lipinski definition) is 2. The molecule has 2 rings (SSSR count). The van der Waals surface area contributed by atoms with E-state index in [9.17, 15) is 0 Å². The summed E-state index contributed by atoms with van der Waals surface area (Å²) >= 11 is 0. The molecule has 2 heterocycles. The Morgan fingerprint density at radius 1 is 0.955 bits per heavy atom. The average molecular weight is 311 g/mol. The molecule has 0 amide bonds. The highest BCUT2D eigenvalue weighted by molar-refractivity contribution is 5.90. The first-order valence-corrected chi connectivity index (χ1v) is 9.23. The van der Waals surface area contributed by atoms with Crippen molar-refractivity contribution in [3.8, 4) is 0 Å². The van der Waals surface area contributed by atoms with Gasteiger partial charge >= 0.3 is 0 Å². The summed E-state index contributed by atoms with van der Waals surface area (Å²) in [5.74, 6) is 0.789. The molecular weight excluding hydrogens is 268 g/mol. The van der Waals surface area contributed by atoms with E-state index in [-0.39, 0.29) is 0 Å². The molecule has 0 radical (unpaired) electrons. The molecule has 2 heteroatoms. The van der Waals surface area contributed by atoms with Gasteiger partial charge in [-0.15, -0.1) is 0 Å². The third-order valence-corrected chi connectivity index (χ3v) is 3.81. The molecule has 0 N–H and O–H groups in total. The minimum atomic E-state index is 0.330. The maximum absolute atomic E-state index is 4.42. The highest BCUT2D eigenvalue weighted by atomic mass is 14.8. The summed E-state index contributed by atoms with van der Waals surface area (Å²) in [7, 11) is 0. The molecule has 0 aromatic rings. The molecule has 0 aromatic heterocycles. The minimum absolute atomic E-state index is 0.330. The molecule has 0 aromatic carbocycles. The molecule has 2 nitrogen and oxygen atoms in total. The SMILES string of the molecule is CC.CC.CC(C)(C)C1=NCCC1.CC(C)(C)C1CC=NC1. The van der Waals surface area contributed by atoms with Crippen LogP contribution < -0.4 is 0 Å². The van der Waals surface area contributed by atoms with Crippen molar-refractivity contribution in [2.24, 2.45) is 26.7 Å². The second kappa shape index (κ2) is 11.8. The summed E-state index contributed by atoms with van der Waals surface area (Å²) < 4.78 is 0. The Hall–Kier alpha value is -0.660. The van der Waals surface area contributed by atoms with E-state index in [1.165, 1.54) is 25.0 Å². The van der Waals surface area contributed by atoms with E-state index >= 15 is 0 Å². The Balaban J connectivity index is 0. The predicted molar refractivity (Wildman–Crippen MR) is 105 cm³/mol. The van der Waals surface area contributed by atoms with E-state index in [4.69, 9.17) is 0 Å². The van der Waals surface area contributed by atoms with Crippen molar-refractivity contribution in [3.05, 3.63) is 0 Å². The van der Waals surface area contributed by atoms with Crippen LogP contribution in [0.25, 0.3) is 0 Å². The second-order valence-corrected chi connectivity index (χ2v) is 7.53. The van der Waals surface area contributed by atoms with E-state index < -0.39 is 0 Å². The lowest BCUT2D eigenvalue weighted by molar-refractivity contribution is 0.266. The van der Waals surface area contributed by atoms with Crippen LogP contribution in [0.5, 0.6) is 0 Å². The van der Waals surface area contributed by atoms with Crippen LogP contribution in [0.1, 0.15) is 88.5 Å². The van der Waals surface area contributed by atoms with Gasteiger partial charge in [0.1, 0.15) is 0 Å². The highest BCUT2D eigenvalue weighted by Crippen LogP contribution is 2.30. The molecule has 0 spiro atoms. The highest BCUT2D eigenvalue weighted by Gasteiger charge is 2.25. The molecule has 0 saturated carbocycles. The molecular formula is C20H42N2. The van der Waals surface area contributed by atoms with Crippen LogP contribution in [0.3, 0.4) is 0 Å². The topological polar surface area (TPSA) is 24.7 Å². The Morgan fingerprint density at radius 2 is 1.50 bits per heavy atom. The van der Waals surface area contributed by atoms with Crippen molar-refractivity contribution >= 4 is 11.9 Å². The van der Waals surface area contributed by atoms with E-state index in [1.807, 2.05) is 27.7 Å². The first-order chi connectivity index (χ1) is 10.2. The van der Waals surface area contributed by atoms with Crippen LogP contribution in [0.15, 0.2) is 9.98 Å². The Labute approximate surface area is 140 Å². The normalized spacial score (nSPS) is 19.9. The smallest absolute Gasteiger partial charge is 0.0422 e. The van der Waals surface area contributed by atoms with Gasteiger partial charge in [-0.25, -0.2) is 0 Å². The summed E-state index contributed by atoms with van der Waals surface area (Å²) in [6.45, 7) is 23.7. The summed E-state index contributed by atoms with van der Waals surface area (Å²) in [6.07, 6.45) is 5.73. The number of rotatable bonds is 0. The predicted octanol–water partition coefficient (Wildman–Crippen LogP) is 6.44. The van der Waals surface area contributed by atoms with Gasteiger partial charge in [-0.1, -0.05) is 69.2 Å². The fourth-order valence-corrected chi connectivity index (χ4v) is 2.26. The Bertz CT molecular complexity index is 306. The van der Waals surface area contributed by atoms with Crippen LogP contribution in [-0.2, 0) is 0 Å². The summed E-state index contributed by atoms with van der Waals surface area (Å²) in [5, 5.41) is 0. The number of aliphatic imine (C=N–C) groups is 2. The fourth-order valence-electron chi connectivity index (χ4n) is 2.26. The molecule has 132 valence electrons. The van der Waals surface area contributed by atoms with Crippen molar-refractivity contribution in [3.63, 3.8) is 0 Å². The van der Waals surface area contributed by atoms with E-state index in [0.717, 1.165) is 19.0 Å². The van der Waals surface area contributed by atoms with Crippen molar-refractivity contribution in [2.75, 3.05) is 13.1 Å². The zero-order valence-corrected chi connectivity index (χ0v) is 17.1. The molecule has 1 unspecified atom stereocenters. The van der Waals surface area contributed by atoms with Gasteiger partial charge in [-0.3, -0.25) is 9.98 Å². The molecule has 0 bridgehead atoms. The summed E-state index contributed by atoms with van der Waals surface area (Å²) in [6, 6.07) is 0. The third kappa shape index (κ3) is 10.1. The monoisotopic (exact) mass is 310 g/mol. The van der Waals surface area contributed by atoms with Crippen LogP contribution in [0, 0.1) is 16.7 Å². The van der Waals surface area contributed by atoms with Crippen LogP contribution >= 0.6 is 0 Å². The van der Waals surface area contributed by atoms with Gasteiger partial charge in [-0.05, 0) is 42.2 Å². The average Bonchev–Trinajstić information content (AvgIpc) is 3.16. The lowest BCUT2D eigenvalue weighted by Crippen LogP contribution is -2.20. The second-order valence-electron chi connectivity index (χ2n) is 7.53. The van der Waals surface area contributed by atoms with Crippen molar-refractivity contribution in [1.82, 2.24) is 0 Å². The largest absolute Gasteiger partial charge is 0.297 e. The molecule has 0 fully saturated rings. The molecule has 1 atom stereocenters. The van der Waals surface area contributed by atoms with Gasteiger partial charge in [0.05, 0.1) is 0 Å². The van der Waals surface area contributed by atoms with Crippen LogP contribution in [0.2, 0.25) is 0 Å². The number of hydrogen-bond donors (Lipinski definition) is 0. The first kappa shape index (κ1) is 23.6.